The Morgan fingerprint density at radius 2 is 0.964 bits per heavy atom. The summed E-state index contributed by atoms with van der Waals surface area (Å²) in [6.07, 6.45) is 1.21. The standard InChI is InChI=1S/C33H63N13O9/c1-17(2)24(29(52)44-22(31(54)55)12-13-23(47)48)46-30(53)25(18(3)4)45-28(51)21(11-8-16-41-33(38)39)43-27(50)20(10-7-15-40-32(36)37)42-26(49)19(35)9-5-6-14-34/h17-22,24-25H,5-16,34-35H2,1-4H3,(H,42,49)(H,43,50)(H,44,52)(H,45,51)(H,46,53)(H,47,48)(H,54,55)(H4,36,37,40)(H4,38,39,41)/t19-,20-,21-,22-,24-,25-/m0/s1. The quantitative estimate of drug-likeness (QED) is 0.0206. The van der Waals surface area contributed by atoms with Gasteiger partial charge in [-0.1, -0.05) is 34.1 Å². The molecule has 0 rings (SSSR count). The van der Waals surface area contributed by atoms with Crippen LogP contribution in [0.2, 0.25) is 0 Å². The molecule has 0 saturated carbocycles. The Morgan fingerprint density at radius 1 is 0.545 bits per heavy atom. The van der Waals surface area contributed by atoms with Gasteiger partial charge in [-0.05, 0) is 63.3 Å². The maximum absolute atomic E-state index is 13.8. The summed E-state index contributed by atoms with van der Waals surface area (Å²) in [4.78, 5) is 97.7. The third-order valence-corrected chi connectivity index (χ3v) is 8.22. The van der Waals surface area contributed by atoms with Gasteiger partial charge in [-0.3, -0.25) is 38.8 Å². The van der Waals surface area contributed by atoms with Crippen molar-refractivity contribution in [2.75, 3.05) is 19.6 Å². The minimum absolute atomic E-state index is 0.00198. The van der Waals surface area contributed by atoms with Gasteiger partial charge in [0.15, 0.2) is 11.9 Å². The Balaban J connectivity index is 6.26. The van der Waals surface area contributed by atoms with Crippen molar-refractivity contribution in [1.82, 2.24) is 26.6 Å². The van der Waals surface area contributed by atoms with Crippen LogP contribution < -0.4 is 61.0 Å². The Morgan fingerprint density at radius 3 is 1.38 bits per heavy atom. The predicted molar refractivity (Wildman–Crippen MR) is 205 cm³/mol. The third-order valence-electron chi connectivity index (χ3n) is 8.22. The molecule has 0 spiro atoms. The molecule has 55 heavy (non-hydrogen) atoms. The number of carbonyl (C=O) groups is 7. The molecule has 19 N–H and O–H groups in total. The minimum Gasteiger partial charge on any atom is -0.481 e. The zero-order chi connectivity index (χ0) is 42.2. The first-order valence-electron chi connectivity index (χ1n) is 18.2. The van der Waals surface area contributed by atoms with Crippen LogP contribution >= 0.6 is 0 Å². The number of nitrogens with one attached hydrogen (secondary N) is 5. The van der Waals surface area contributed by atoms with Gasteiger partial charge in [0, 0.05) is 19.5 Å². The Kier molecular flexibility index (Phi) is 24.0. The number of carboxylic acid groups (broad SMARTS) is 2. The van der Waals surface area contributed by atoms with Crippen LogP contribution in [0.4, 0.5) is 0 Å². The van der Waals surface area contributed by atoms with E-state index in [0.717, 1.165) is 0 Å². The van der Waals surface area contributed by atoms with Crippen molar-refractivity contribution in [3.8, 4) is 0 Å². The van der Waals surface area contributed by atoms with Gasteiger partial charge in [-0.2, -0.15) is 0 Å². The van der Waals surface area contributed by atoms with E-state index in [-0.39, 0.29) is 50.7 Å². The van der Waals surface area contributed by atoms with Crippen molar-refractivity contribution in [1.29, 1.82) is 0 Å². The molecule has 22 nitrogen and oxygen atoms in total. The maximum atomic E-state index is 13.8. The van der Waals surface area contributed by atoms with E-state index >= 15 is 0 Å². The van der Waals surface area contributed by atoms with Crippen LogP contribution in [0, 0.1) is 11.8 Å². The zero-order valence-corrected chi connectivity index (χ0v) is 32.2. The molecule has 0 aliphatic carbocycles. The normalized spacial score (nSPS) is 14.3. The number of unbranched alkanes of at least 4 members (excludes halogenated alkanes) is 1. The van der Waals surface area contributed by atoms with Crippen LogP contribution in [0.25, 0.3) is 0 Å². The molecule has 0 radical (unpaired) electrons. The molecular formula is C33H63N13O9. The summed E-state index contributed by atoms with van der Waals surface area (Å²) in [5, 5.41) is 31.2. The fourth-order valence-electron chi connectivity index (χ4n) is 5.09. The van der Waals surface area contributed by atoms with E-state index in [9.17, 15) is 38.7 Å². The van der Waals surface area contributed by atoms with E-state index in [1.54, 1.807) is 27.7 Å². The van der Waals surface area contributed by atoms with Crippen molar-refractivity contribution in [2.24, 2.45) is 56.2 Å². The van der Waals surface area contributed by atoms with Crippen LogP contribution in [0.1, 0.15) is 85.5 Å². The Bertz CT molecular complexity index is 1340. The van der Waals surface area contributed by atoms with Crippen LogP contribution in [-0.4, -0.2) is 119 Å². The number of nitrogens with two attached hydrogens (primary N) is 6. The molecule has 0 aromatic carbocycles. The van der Waals surface area contributed by atoms with E-state index in [0.29, 0.717) is 25.8 Å². The van der Waals surface area contributed by atoms with E-state index in [2.05, 4.69) is 36.6 Å². The first-order chi connectivity index (χ1) is 25.7. The lowest BCUT2D eigenvalue weighted by molar-refractivity contribution is -0.143. The van der Waals surface area contributed by atoms with E-state index < -0.39 is 102 Å². The molecule has 0 aliphatic rings. The highest BCUT2D eigenvalue weighted by atomic mass is 16.4. The smallest absolute Gasteiger partial charge is 0.326 e. The fraction of sp³-hybridized carbons (Fsp3) is 0.727. The first-order valence-corrected chi connectivity index (χ1v) is 18.2. The summed E-state index contributed by atoms with van der Waals surface area (Å²) >= 11 is 0. The van der Waals surface area contributed by atoms with Gasteiger partial charge in [0.1, 0.15) is 30.2 Å². The van der Waals surface area contributed by atoms with E-state index in [4.69, 9.17) is 39.5 Å². The van der Waals surface area contributed by atoms with Gasteiger partial charge in [-0.25, -0.2) is 4.79 Å². The van der Waals surface area contributed by atoms with Crippen LogP contribution in [0.5, 0.6) is 0 Å². The second-order valence-electron chi connectivity index (χ2n) is 13.7. The second-order valence-corrected chi connectivity index (χ2v) is 13.7. The van der Waals surface area contributed by atoms with Gasteiger partial charge in [0.2, 0.25) is 29.5 Å². The summed E-state index contributed by atoms with van der Waals surface area (Å²) in [5.41, 5.74) is 33.3. The number of amides is 5. The lowest BCUT2D eigenvalue weighted by Gasteiger charge is -2.29. The molecule has 0 unspecified atom stereocenters. The number of carboxylic acids is 2. The number of hydrogen-bond acceptors (Lipinski definition) is 11. The molecule has 0 bridgehead atoms. The largest absolute Gasteiger partial charge is 0.481 e. The summed E-state index contributed by atoms with van der Waals surface area (Å²) in [6.45, 7) is 7.13. The van der Waals surface area contributed by atoms with Crippen molar-refractivity contribution >= 4 is 53.4 Å². The number of nitrogens with zero attached hydrogens (tertiary/aromatic N) is 2. The van der Waals surface area contributed by atoms with Gasteiger partial charge >= 0.3 is 11.9 Å². The second kappa shape index (κ2) is 26.5. The molecule has 22 heteroatoms. The number of aliphatic carboxylic acids is 2. The summed E-state index contributed by atoms with van der Waals surface area (Å²) in [5.74, 6) is -7.91. The van der Waals surface area contributed by atoms with Crippen LogP contribution in [0.15, 0.2) is 9.98 Å². The molecule has 0 aromatic rings. The molecule has 0 fully saturated rings. The highest BCUT2D eigenvalue weighted by molar-refractivity contribution is 5.96. The summed E-state index contributed by atoms with van der Waals surface area (Å²) < 4.78 is 0. The lowest BCUT2D eigenvalue weighted by atomic mass is 9.98. The molecular weight excluding hydrogens is 722 g/mol. The van der Waals surface area contributed by atoms with Crippen molar-refractivity contribution in [3.63, 3.8) is 0 Å². The van der Waals surface area contributed by atoms with Gasteiger partial charge in [0.05, 0.1) is 6.04 Å². The SMILES string of the molecule is CC(C)[C@H](NC(=O)[C@H](CCCN=C(N)N)NC(=O)[C@H](CCCN=C(N)N)NC(=O)[C@@H](N)CCCCN)C(=O)N[C@H](C(=O)N[C@@H](CCC(=O)O)C(=O)O)C(C)C. The molecule has 0 aliphatic heterocycles. The topological polar surface area (TPSA) is 401 Å². The average molecular weight is 786 g/mol. The van der Waals surface area contributed by atoms with Crippen LogP contribution in [0.3, 0.4) is 0 Å². The molecule has 6 atom stereocenters. The number of aliphatic imine (C=N–C) groups is 2. The van der Waals surface area contributed by atoms with Gasteiger partial charge in [0.25, 0.3) is 0 Å². The molecule has 314 valence electrons. The number of hydrogen-bond donors (Lipinski definition) is 13. The number of guanidine groups is 2. The highest BCUT2D eigenvalue weighted by Crippen LogP contribution is 2.11. The fourth-order valence-corrected chi connectivity index (χ4v) is 5.09. The number of carbonyl (C=O) groups excluding carboxylic acids is 5. The zero-order valence-electron chi connectivity index (χ0n) is 32.2. The predicted octanol–water partition coefficient (Wildman–Crippen LogP) is -3.76. The van der Waals surface area contributed by atoms with Gasteiger partial charge < -0.3 is 71.2 Å². The minimum atomic E-state index is -1.53. The first kappa shape index (κ1) is 49.8. The molecule has 0 aromatic heterocycles. The molecule has 5 amide bonds. The van der Waals surface area contributed by atoms with Crippen molar-refractivity contribution in [3.05, 3.63) is 0 Å². The molecule has 0 saturated heterocycles. The van der Waals surface area contributed by atoms with E-state index in [1.807, 2.05) is 0 Å². The Hall–Kier alpha value is -5.25. The average Bonchev–Trinajstić information content (AvgIpc) is 3.09. The lowest BCUT2D eigenvalue weighted by Crippen LogP contribution is -2.61. The highest BCUT2D eigenvalue weighted by Gasteiger charge is 2.35. The summed E-state index contributed by atoms with van der Waals surface area (Å²) in [7, 11) is 0. The van der Waals surface area contributed by atoms with Crippen molar-refractivity contribution < 1.29 is 43.8 Å². The number of rotatable bonds is 28. The summed E-state index contributed by atoms with van der Waals surface area (Å²) in [6, 6.07) is -7.39. The van der Waals surface area contributed by atoms with E-state index in [1.165, 1.54) is 0 Å². The monoisotopic (exact) mass is 785 g/mol. The third kappa shape index (κ3) is 21.3. The maximum Gasteiger partial charge on any atom is 0.326 e. The Labute approximate surface area is 321 Å². The van der Waals surface area contributed by atoms with Crippen LogP contribution in [-0.2, 0) is 33.6 Å². The molecule has 0 heterocycles. The van der Waals surface area contributed by atoms with Gasteiger partial charge in [-0.15, -0.1) is 0 Å². The van der Waals surface area contributed by atoms with Crippen molar-refractivity contribution in [2.45, 2.75) is 122 Å².